The van der Waals surface area contributed by atoms with E-state index in [0.29, 0.717) is 22.8 Å². The molecular formula is C23H26ClN5O2S. The third kappa shape index (κ3) is 4.98. The van der Waals surface area contributed by atoms with Crippen LogP contribution in [-0.4, -0.2) is 59.0 Å². The molecular weight excluding hydrogens is 446 g/mol. The quantitative estimate of drug-likeness (QED) is 0.372. The number of methoxy groups -OCH3 is 1. The van der Waals surface area contributed by atoms with Gasteiger partial charge in [-0.3, -0.25) is 19.7 Å². The molecule has 0 spiro atoms. The average molecular weight is 472 g/mol. The Morgan fingerprint density at radius 2 is 1.69 bits per heavy atom. The summed E-state index contributed by atoms with van der Waals surface area (Å²) in [5.74, 6) is 0.683. The van der Waals surface area contributed by atoms with E-state index in [-0.39, 0.29) is 18.3 Å². The number of ether oxygens (including phenoxy) is 1. The first-order valence-corrected chi connectivity index (χ1v) is 11.1. The van der Waals surface area contributed by atoms with Gasteiger partial charge in [-0.1, -0.05) is 25.2 Å². The fourth-order valence-corrected chi connectivity index (χ4v) is 4.47. The highest BCUT2D eigenvalue weighted by Crippen LogP contribution is 2.32. The SMILES string of the molecule is CCN(CC)CCN(C(=O)c1ccc2nccnc2c1)c1nc2ccc(OC)cc2s1.Cl. The van der Waals surface area contributed by atoms with Crippen molar-refractivity contribution >= 4 is 56.0 Å². The maximum absolute atomic E-state index is 13.6. The van der Waals surface area contributed by atoms with Crippen molar-refractivity contribution in [2.24, 2.45) is 0 Å². The maximum Gasteiger partial charge on any atom is 0.260 e. The Balaban J connectivity index is 0.00000289. The number of hydrogen-bond acceptors (Lipinski definition) is 7. The van der Waals surface area contributed by atoms with Gasteiger partial charge >= 0.3 is 0 Å². The molecule has 0 N–H and O–H groups in total. The molecule has 0 radical (unpaired) electrons. The molecule has 2 aromatic heterocycles. The van der Waals surface area contributed by atoms with Crippen molar-refractivity contribution in [3.05, 3.63) is 54.4 Å². The van der Waals surface area contributed by atoms with Gasteiger partial charge in [0.2, 0.25) is 0 Å². The Morgan fingerprint density at radius 1 is 0.969 bits per heavy atom. The summed E-state index contributed by atoms with van der Waals surface area (Å²) in [5.41, 5.74) is 2.89. The molecule has 0 aliphatic heterocycles. The van der Waals surface area contributed by atoms with Crippen molar-refractivity contribution in [2.45, 2.75) is 13.8 Å². The highest BCUT2D eigenvalue weighted by Gasteiger charge is 2.22. The van der Waals surface area contributed by atoms with Crippen LogP contribution in [-0.2, 0) is 0 Å². The van der Waals surface area contributed by atoms with E-state index < -0.39 is 0 Å². The van der Waals surface area contributed by atoms with E-state index in [2.05, 4.69) is 28.7 Å². The third-order valence-electron chi connectivity index (χ3n) is 5.31. The summed E-state index contributed by atoms with van der Waals surface area (Å²) in [6.45, 7) is 7.44. The van der Waals surface area contributed by atoms with Crippen molar-refractivity contribution in [2.75, 3.05) is 38.2 Å². The summed E-state index contributed by atoms with van der Waals surface area (Å²) in [7, 11) is 1.64. The third-order valence-corrected chi connectivity index (χ3v) is 6.35. The number of anilines is 1. The molecule has 4 aromatic rings. The number of halogens is 1. The smallest absolute Gasteiger partial charge is 0.260 e. The molecule has 32 heavy (non-hydrogen) atoms. The number of fused-ring (bicyclic) bond motifs is 2. The second-order valence-electron chi connectivity index (χ2n) is 7.07. The van der Waals surface area contributed by atoms with Gasteiger partial charge in [-0.2, -0.15) is 0 Å². The van der Waals surface area contributed by atoms with Crippen LogP contribution in [0.2, 0.25) is 0 Å². The lowest BCUT2D eigenvalue weighted by atomic mass is 10.1. The molecule has 0 fully saturated rings. The zero-order valence-corrected chi connectivity index (χ0v) is 19.9. The number of hydrogen-bond donors (Lipinski definition) is 0. The van der Waals surface area contributed by atoms with Crippen LogP contribution in [0.15, 0.2) is 48.8 Å². The molecule has 2 aromatic carbocycles. The van der Waals surface area contributed by atoms with Crippen LogP contribution in [0.25, 0.3) is 21.3 Å². The molecule has 0 saturated carbocycles. The molecule has 1 amide bonds. The molecule has 0 saturated heterocycles. The first kappa shape index (κ1) is 23.8. The molecule has 168 valence electrons. The van der Waals surface area contributed by atoms with Crippen LogP contribution >= 0.6 is 23.7 Å². The van der Waals surface area contributed by atoms with Gasteiger partial charge < -0.3 is 9.64 Å². The van der Waals surface area contributed by atoms with Crippen molar-refractivity contribution in [3.63, 3.8) is 0 Å². The number of rotatable bonds is 8. The average Bonchev–Trinajstić information content (AvgIpc) is 3.24. The molecule has 2 heterocycles. The van der Waals surface area contributed by atoms with Crippen LogP contribution in [0, 0.1) is 0 Å². The molecule has 9 heteroatoms. The number of thiazole rings is 1. The summed E-state index contributed by atoms with van der Waals surface area (Å²) in [6, 6.07) is 11.2. The summed E-state index contributed by atoms with van der Waals surface area (Å²) >= 11 is 1.50. The van der Waals surface area contributed by atoms with Crippen molar-refractivity contribution in [3.8, 4) is 5.75 Å². The zero-order valence-electron chi connectivity index (χ0n) is 18.3. The lowest BCUT2D eigenvalue weighted by molar-refractivity contribution is 0.0984. The van der Waals surface area contributed by atoms with E-state index in [9.17, 15) is 4.79 Å². The topological polar surface area (TPSA) is 71.5 Å². The van der Waals surface area contributed by atoms with Gasteiger partial charge in [0, 0.05) is 31.0 Å². The van der Waals surface area contributed by atoms with Gasteiger partial charge in [0.15, 0.2) is 5.13 Å². The highest BCUT2D eigenvalue weighted by atomic mass is 35.5. The number of carbonyl (C=O) groups is 1. The fourth-order valence-electron chi connectivity index (χ4n) is 3.45. The Morgan fingerprint density at radius 3 is 2.41 bits per heavy atom. The van der Waals surface area contributed by atoms with Gasteiger partial charge in [-0.25, -0.2) is 4.98 Å². The normalized spacial score (nSPS) is 11.0. The van der Waals surface area contributed by atoms with E-state index in [1.807, 2.05) is 24.3 Å². The van der Waals surface area contributed by atoms with E-state index in [0.717, 1.165) is 41.1 Å². The van der Waals surface area contributed by atoms with Crippen molar-refractivity contribution in [1.82, 2.24) is 19.9 Å². The van der Waals surface area contributed by atoms with Crippen LogP contribution < -0.4 is 9.64 Å². The molecule has 7 nitrogen and oxygen atoms in total. The minimum atomic E-state index is -0.0919. The fraction of sp³-hybridized carbons (Fsp3) is 0.304. The lowest BCUT2D eigenvalue weighted by Crippen LogP contribution is -2.38. The Bertz CT molecular complexity index is 1210. The molecule has 0 atom stereocenters. The Hall–Kier alpha value is -2.81. The van der Waals surface area contributed by atoms with Crippen LogP contribution in [0.5, 0.6) is 5.75 Å². The predicted octanol–water partition coefficient (Wildman–Crippen LogP) is 4.66. The lowest BCUT2D eigenvalue weighted by Gasteiger charge is -2.24. The zero-order chi connectivity index (χ0) is 21.8. The van der Waals surface area contributed by atoms with Crippen molar-refractivity contribution in [1.29, 1.82) is 0 Å². The van der Waals surface area contributed by atoms with Crippen LogP contribution in [0.4, 0.5) is 5.13 Å². The molecule has 0 bridgehead atoms. The van der Waals surface area contributed by atoms with E-state index in [1.54, 1.807) is 36.5 Å². The number of aromatic nitrogens is 3. The number of benzene rings is 2. The van der Waals surface area contributed by atoms with Crippen LogP contribution in [0.1, 0.15) is 24.2 Å². The van der Waals surface area contributed by atoms with Crippen molar-refractivity contribution < 1.29 is 9.53 Å². The first-order chi connectivity index (χ1) is 15.1. The molecule has 0 aliphatic rings. The van der Waals surface area contributed by atoms with Gasteiger partial charge in [-0.15, -0.1) is 12.4 Å². The number of nitrogens with zero attached hydrogens (tertiary/aromatic N) is 5. The van der Waals surface area contributed by atoms with E-state index in [4.69, 9.17) is 9.72 Å². The minimum Gasteiger partial charge on any atom is -0.497 e. The van der Waals surface area contributed by atoms with Gasteiger partial charge in [0.05, 0.1) is 28.4 Å². The van der Waals surface area contributed by atoms with E-state index in [1.165, 1.54) is 11.3 Å². The Kier molecular flexibility index (Phi) is 7.95. The number of likely N-dealkylation sites (N-methyl/N-ethyl adjacent to an activating group) is 1. The Labute approximate surface area is 197 Å². The first-order valence-electron chi connectivity index (χ1n) is 10.3. The van der Waals surface area contributed by atoms with Gasteiger partial charge in [0.1, 0.15) is 5.75 Å². The molecule has 0 aliphatic carbocycles. The molecule has 4 rings (SSSR count). The molecule has 0 unspecified atom stereocenters. The standard InChI is InChI=1S/C23H25N5O2S.ClH/c1-4-27(5-2)12-13-28(23-26-19-9-7-17(30-3)15-21(19)31-23)22(29)16-6-8-18-20(14-16)25-11-10-24-18;/h6-11,14-15H,4-5,12-13H2,1-3H3;1H. The van der Waals surface area contributed by atoms with Gasteiger partial charge in [0.25, 0.3) is 5.91 Å². The summed E-state index contributed by atoms with van der Waals surface area (Å²) in [5, 5.41) is 0.680. The second-order valence-corrected chi connectivity index (χ2v) is 8.08. The summed E-state index contributed by atoms with van der Waals surface area (Å²) in [6.07, 6.45) is 3.28. The number of amides is 1. The number of carbonyl (C=O) groups excluding carboxylic acids is 1. The monoisotopic (exact) mass is 471 g/mol. The van der Waals surface area contributed by atoms with Gasteiger partial charge in [-0.05, 0) is 49.5 Å². The largest absolute Gasteiger partial charge is 0.497 e. The minimum absolute atomic E-state index is 0. The predicted molar refractivity (Wildman–Crippen MR) is 132 cm³/mol. The summed E-state index contributed by atoms with van der Waals surface area (Å²) < 4.78 is 6.32. The van der Waals surface area contributed by atoms with Crippen LogP contribution in [0.3, 0.4) is 0 Å². The maximum atomic E-state index is 13.6. The summed E-state index contributed by atoms with van der Waals surface area (Å²) in [4.78, 5) is 31.0. The second kappa shape index (κ2) is 10.7. The van der Waals surface area contributed by atoms with E-state index >= 15 is 0 Å². The highest BCUT2D eigenvalue weighted by molar-refractivity contribution is 7.22.